The molecule has 2 fully saturated rings. The van der Waals surface area contributed by atoms with Gasteiger partial charge in [-0.3, -0.25) is 4.90 Å². The van der Waals surface area contributed by atoms with Crippen LogP contribution in [0.5, 0.6) is 0 Å². The van der Waals surface area contributed by atoms with Crippen molar-refractivity contribution < 1.29 is 9.53 Å². The Labute approximate surface area is 151 Å². The molecule has 1 aromatic rings. The van der Waals surface area contributed by atoms with Gasteiger partial charge in [-0.2, -0.15) is 0 Å². The molecule has 2 atom stereocenters. The van der Waals surface area contributed by atoms with Crippen LogP contribution in [0.25, 0.3) is 0 Å². The van der Waals surface area contributed by atoms with Gasteiger partial charge < -0.3 is 19.5 Å². The van der Waals surface area contributed by atoms with Crippen LogP contribution in [0.2, 0.25) is 0 Å². The second kappa shape index (κ2) is 8.72. The molecule has 25 heavy (non-hydrogen) atoms. The van der Waals surface area contributed by atoms with Gasteiger partial charge in [0.25, 0.3) is 0 Å². The maximum Gasteiger partial charge on any atom is 0.317 e. The van der Waals surface area contributed by atoms with Crippen molar-refractivity contribution in [3.05, 3.63) is 24.0 Å². The van der Waals surface area contributed by atoms with Gasteiger partial charge in [-0.25, -0.2) is 4.79 Å². The molecule has 0 aliphatic carbocycles. The summed E-state index contributed by atoms with van der Waals surface area (Å²) >= 11 is 0. The number of aromatic nitrogens is 1. The molecule has 3 heterocycles. The number of carbonyl (C=O) groups is 1. The third-order valence-corrected chi connectivity index (χ3v) is 5.36. The first-order valence-corrected chi connectivity index (χ1v) is 9.61. The van der Waals surface area contributed by atoms with Crippen LogP contribution in [0.15, 0.2) is 18.3 Å². The van der Waals surface area contributed by atoms with Crippen LogP contribution in [-0.4, -0.2) is 66.3 Å². The summed E-state index contributed by atoms with van der Waals surface area (Å²) in [6.07, 6.45) is 5.39. The van der Waals surface area contributed by atoms with Gasteiger partial charge in [-0.05, 0) is 37.3 Å². The molecule has 0 radical (unpaired) electrons. The molecule has 3 rings (SSSR count). The SMILES string of the molecule is C[C@H](CNC(=O)N1CCCC[C@H]1c1cccn1C)CN1CCOCC1. The number of nitrogens with zero attached hydrogens (tertiary/aromatic N) is 3. The number of urea groups is 1. The molecule has 2 aliphatic rings. The Balaban J connectivity index is 1.51. The molecule has 1 aromatic heterocycles. The van der Waals surface area contributed by atoms with Gasteiger partial charge >= 0.3 is 6.03 Å². The number of carbonyl (C=O) groups excluding carboxylic acids is 1. The second-order valence-corrected chi connectivity index (χ2v) is 7.45. The Morgan fingerprint density at radius 3 is 2.84 bits per heavy atom. The highest BCUT2D eigenvalue weighted by atomic mass is 16.5. The van der Waals surface area contributed by atoms with Crippen molar-refractivity contribution in [3.63, 3.8) is 0 Å². The molecule has 6 nitrogen and oxygen atoms in total. The largest absolute Gasteiger partial charge is 0.379 e. The minimum Gasteiger partial charge on any atom is -0.379 e. The molecule has 6 heteroatoms. The summed E-state index contributed by atoms with van der Waals surface area (Å²) in [6.45, 7) is 8.45. The zero-order valence-electron chi connectivity index (χ0n) is 15.6. The van der Waals surface area contributed by atoms with Gasteiger partial charge in [0.2, 0.25) is 0 Å². The number of ether oxygens (including phenoxy) is 1. The van der Waals surface area contributed by atoms with E-state index >= 15 is 0 Å². The van der Waals surface area contributed by atoms with E-state index in [9.17, 15) is 4.79 Å². The van der Waals surface area contributed by atoms with Crippen molar-refractivity contribution in [2.75, 3.05) is 45.9 Å². The molecule has 2 aliphatic heterocycles. The number of piperidine rings is 1. The van der Waals surface area contributed by atoms with Crippen LogP contribution < -0.4 is 5.32 Å². The molecule has 0 bridgehead atoms. The van der Waals surface area contributed by atoms with E-state index in [2.05, 4.69) is 47.1 Å². The van der Waals surface area contributed by atoms with E-state index in [0.29, 0.717) is 5.92 Å². The Morgan fingerprint density at radius 2 is 2.12 bits per heavy atom. The first kappa shape index (κ1) is 18.3. The summed E-state index contributed by atoms with van der Waals surface area (Å²) in [5, 5.41) is 3.17. The third kappa shape index (κ3) is 4.76. The molecule has 1 N–H and O–H groups in total. The summed E-state index contributed by atoms with van der Waals surface area (Å²) in [7, 11) is 2.06. The van der Waals surface area contributed by atoms with Gasteiger partial charge in [0.05, 0.1) is 19.3 Å². The maximum atomic E-state index is 12.8. The molecule has 140 valence electrons. The number of likely N-dealkylation sites (tertiary alicyclic amines) is 1. The normalized spacial score (nSPS) is 23.4. The Morgan fingerprint density at radius 1 is 1.32 bits per heavy atom. The van der Waals surface area contributed by atoms with Crippen LogP contribution in [0.4, 0.5) is 4.79 Å². The van der Waals surface area contributed by atoms with E-state index in [-0.39, 0.29) is 12.1 Å². The maximum absolute atomic E-state index is 12.8. The van der Waals surface area contributed by atoms with E-state index in [1.807, 2.05) is 4.90 Å². The molecule has 2 saturated heterocycles. The van der Waals surface area contributed by atoms with E-state index in [1.165, 1.54) is 12.1 Å². The van der Waals surface area contributed by atoms with Crippen molar-refractivity contribution >= 4 is 6.03 Å². The monoisotopic (exact) mass is 348 g/mol. The summed E-state index contributed by atoms with van der Waals surface area (Å²) in [6, 6.07) is 4.48. The average molecular weight is 348 g/mol. The Hall–Kier alpha value is -1.53. The summed E-state index contributed by atoms with van der Waals surface area (Å²) in [5.41, 5.74) is 1.23. The molecule has 0 unspecified atom stereocenters. The fourth-order valence-corrected chi connectivity index (χ4v) is 3.95. The van der Waals surface area contributed by atoms with Crippen LogP contribution >= 0.6 is 0 Å². The van der Waals surface area contributed by atoms with Crippen LogP contribution in [0, 0.1) is 5.92 Å². The number of nitrogens with one attached hydrogen (secondary N) is 1. The van der Waals surface area contributed by atoms with Crippen LogP contribution in [0.3, 0.4) is 0 Å². The van der Waals surface area contributed by atoms with Gasteiger partial charge in [0.1, 0.15) is 0 Å². The lowest BCUT2D eigenvalue weighted by molar-refractivity contribution is 0.0318. The fraction of sp³-hybridized carbons (Fsp3) is 0.737. The number of aryl methyl sites for hydroxylation is 1. The van der Waals surface area contributed by atoms with E-state index < -0.39 is 0 Å². The minimum atomic E-state index is 0.0831. The highest BCUT2D eigenvalue weighted by Gasteiger charge is 2.29. The fourth-order valence-electron chi connectivity index (χ4n) is 3.95. The average Bonchev–Trinajstić information content (AvgIpc) is 3.06. The minimum absolute atomic E-state index is 0.0831. The lowest BCUT2D eigenvalue weighted by Crippen LogP contribution is -2.47. The van der Waals surface area contributed by atoms with Gasteiger partial charge in [0, 0.05) is 51.7 Å². The first-order valence-electron chi connectivity index (χ1n) is 9.61. The van der Waals surface area contributed by atoms with Gasteiger partial charge in [-0.1, -0.05) is 6.92 Å². The highest BCUT2D eigenvalue weighted by molar-refractivity contribution is 5.74. The number of amides is 2. The quantitative estimate of drug-likeness (QED) is 0.888. The van der Waals surface area contributed by atoms with Crippen molar-refractivity contribution in [3.8, 4) is 0 Å². The molecule has 0 spiro atoms. The summed E-state index contributed by atoms with van der Waals surface area (Å²) in [4.78, 5) is 17.2. The van der Waals surface area contributed by atoms with Crippen molar-refractivity contribution in [1.82, 2.24) is 19.7 Å². The summed E-state index contributed by atoms with van der Waals surface area (Å²) in [5.74, 6) is 0.445. The van der Waals surface area contributed by atoms with E-state index in [0.717, 1.165) is 58.8 Å². The predicted octanol–water partition coefficient (Wildman–Crippen LogP) is 2.23. The lowest BCUT2D eigenvalue weighted by Gasteiger charge is -2.36. The smallest absolute Gasteiger partial charge is 0.317 e. The van der Waals surface area contributed by atoms with Crippen molar-refractivity contribution in [1.29, 1.82) is 0 Å². The lowest BCUT2D eigenvalue weighted by atomic mass is 9.99. The number of hydrogen-bond donors (Lipinski definition) is 1. The Bertz CT molecular complexity index is 553. The molecular weight excluding hydrogens is 316 g/mol. The number of hydrogen-bond acceptors (Lipinski definition) is 3. The second-order valence-electron chi connectivity index (χ2n) is 7.45. The first-order chi connectivity index (χ1) is 12.1. The van der Waals surface area contributed by atoms with Gasteiger partial charge in [0.15, 0.2) is 0 Å². The Kier molecular flexibility index (Phi) is 6.37. The molecule has 0 aromatic carbocycles. The summed E-state index contributed by atoms with van der Waals surface area (Å²) < 4.78 is 7.53. The van der Waals surface area contributed by atoms with Gasteiger partial charge in [-0.15, -0.1) is 0 Å². The van der Waals surface area contributed by atoms with Crippen LogP contribution in [-0.2, 0) is 11.8 Å². The number of rotatable bonds is 5. The highest BCUT2D eigenvalue weighted by Crippen LogP contribution is 2.30. The molecule has 2 amide bonds. The molecular formula is C19H32N4O2. The molecule has 0 saturated carbocycles. The topological polar surface area (TPSA) is 49.7 Å². The number of morpholine rings is 1. The van der Waals surface area contributed by atoms with Crippen molar-refractivity contribution in [2.24, 2.45) is 13.0 Å². The predicted molar refractivity (Wildman–Crippen MR) is 98.5 cm³/mol. The van der Waals surface area contributed by atoms with E-state index in [4.69, 9.17) is 4.74 Å². The van der Waals surface area contributed by atoms with E-state index in [1.54, 1.807) is 0 Å². The van der Waals surface area contributed by atoms with Crippen LogP contribution in [0.1, 0.15) is 37.9 Å². The van der Waals surface area contributed by atoms with Crippen molar-refractivity contribution in [2.45, 2.75) is 32.2 Å². The zero-order valence-corrected chi connectivity index (χ0v) is 15.6. The third-order valence-electron chi connectivity index (χ3n) is 5.36. The standard InChI is InChI=1S/C19H32N4O2/c1-16(15-22-10-12-25-13-11-22)14-20-19(24)23-9-4-3-6-18(23)17-7-5-8-21(17)2/h5,7-8,16,18H,3-4,6,9-15H2,1-2H3,(H,20,24)/t16-,18+/m1/s1. The zero-order chi connectivity index (χ0) is 17.6.